The lowest BCUT2D eigenvalue weighted by atomic mass is 10.2. The third kappa shape index (κ3) is 3.35. The molecule has 0 aliphatic carbocycles. The summed E-state index contributed by atoms with van der Waals surface area (Å²) in [5.74, 6) is -0.424. The van der Waals surface area contributed by atoms with Crippen molar-refractivity contribution >= 4 is 29.1 Å². The number of benzene rings is 1. The van der Waals surface area contributed by atoms with E-state index in [0.29, 0.717) is 10.6 Å². The van der Waals surface area contributed by atoms with Gasteiger partial charge in [-0.15, -0.1) is 0 Å². The molecule has 1 aromatic carbocycles. The van der Waals surface area contributed by atoms with Crippen LogP contribution in [0.4, 0.5) is 0 Å². The molecule has 1 amide bonds. The molecular weight excluding hydrogens is 253 g/mol. The second-order valence-electron chi connectivity index (χ2n) is 3.16. The Hall–Kier alpha value is -0.810. The molecule has 3 N–H and O–H groups in total. The number of amides is 1. The van der Waals surface area contributed by atoms with E-state index in [9.17, 15) is 4.79 Å². The van der Waals surface area contributed by atoms with Crippen LogP contribution in [0.5, 0.6) is 0 Å². The molecule has 0 aliphatic heterocycles. The van der Waals surface area contributed by atoms with Gasteiger partial charge in [-0.25, -0.2) is 0 Å². The molecule has 6 heteroatoms. The Morgan fingerprint density at radius 1 is 1.25 bits per heavy atom. The van der Waals surface area contributed by atoms with Crippen LogP contribution in [0.1, 0.15) is 10.4 Å². The number of aliphatic hydroxyl groups excluding tert-OH is 2. The minimum Gasteiger partial charge on any atom is -0.394 e. The van der Waals surface area contributed by atoms with Crippen LogP contribution in [0.25, 0.3) is 0 Å². The van der Waals surface area contributed by atoms with Gasteiger partial charge in [-0.1, -0.05) is 23.2 Å². The molecule has 0 unspecified atom stereocenters. The Balaban J connectivity index is 2.76. The number of carbonyl (C=O) groups excluding carboxylic acids is 1. The van der Waals surface area contributed by atoms with Gasteiger partial charge in [-0.05, 0) is 18.2 Å². The number of halogens is 2. The first-order chi connectivity index (χ1) is 7.58. The van der Waals surface area contributed by atoms with Crippen molar-refractivity contribution in [2.75, 3.05) is 13.2 Å². The van der Waals surface area contributed by atoms with E-state index in [1.165, 1.54) is 18.2 Å². The van der Waals surface area contributed by atoms with Crippen LogP contribution in [0.15, 0.2) is 18.2 Å². The highest BCUT2D eigenvalue weighted by molar-refractivity contribution is 6.42. The highest BCUT2D eigenvalue weighted by Gasteiger charge is 2.12. The molecular formula is C10H11Cl2NO3. The molecule has 4 nitrogen and oxygen atoms in total. The fourth-order valence-corrected chi connectivity index (χ4v) is 1.35. The van der Waals surface area contributed by atoms with Gasteiger partial charge >= 0.3 is 0 Å². The molecule has 0 bridgehead atoms. The zero-order valence-electron chi connectivity index (χ0n) is 8.28. The first-order valence-corrected chi connectivity index (χ1v) is 5.31. The molecule has 0 saturated carbocycles. The maximum absolute atomic E-state index is 11.6. The lowest BCUT2D eigenvalue weighted by Gasteiger charge is -2.13. The van der Waals surface area contributed by atoms with E-state index >= 15 is 0 Å². The van der Waals surface area contributed by atoms with Crippen molar-refractivity contribution in [3.8, 4) is 0 Å². The number of carbonyl (C=O) groups is 1. The molecule has 0 atom stereocenters. The maximum Gasteiger partial charge on any atom is 0.251 e. The standard InChI is InChI=1S/C10H11Cl2NO3/c11-8-2-1-6(3-9(8)12)10(16)13-7(4-14)5-15/h1-3,7,14-15H,4-5H2,(H,13,16). The van der Waals surface area contributed by atoms with Gasteiger partial charge in [0.1, 0.15) is 0 Å². The van der Waals surface area contributed by atoms with Crippen LogP contribution < -0.4 is 5.32 Å². The van der Waals surface area contributed by atoms with Crippen LogP contribution in [0.3, 0.4) is 0 Å². The zero-order valence-corrected chi connectivity index (χ0v) is 9.79. The first kappa shape index (κ1) is 13.3. The summed E-state index contributed by atoms with van der Waals surface area (Å²) in [7, 11) is 0. The van der Waals surface area contributed by atoms with Gasteiger partial charge in [-0.2, -0.15) is 0 Å². The van der Waals surface area contributed by atoms with Crippen molar-refractivity contribution < 1.29 is 15.0 Å². The number of nitrogens with one attached hydrogen (secondary N) is 1. The Kier molecular flexibility index (Phi) is 5.02. The smallest absolute Gasteiger partial charge is 0.251 e. The van der Waals surface area contributed by atoms with Crippen molar-refractivity contribution in [3.05, 3.63) is 33.8 Å². The van der Waals surface area contributed by atoms with Gasteiger partial charge in [-0.3, -0.25) is 4.79 Å². The fourth-order valence-electron chi connectivity index (χ4n) is 1.06. The number of rotatable bonds is 4. The third-order valence-electron chi connectivity index (χ3n) is 1.96. The summed E-state index contributed by atoms with van der Waals surface area (Å²) in [5.41, 5.74) is 0.321. The van der Waals surface area contributed by atoms with E-state index in [0.717, 1.165) is 0 Å². The lowest BCUT2D eigenvalue weighted by molar-refractivity contribution is 0.0879. The Morgan fingerprint density at radius 2 is 1.88 bits per heavy atom. The molecule has 88 valence electrons. The van der Waals surface area contributed by atoms with E-state index in [2.05, 4.69) is 5.32 Å². The zero-order chi connectivity index (χ0) is 12.1. The summed E-state index contributed by atoms with van der Waals surface area (Å²) in [6, 6.07) is 3.76. The first-order valence-electron chi connectivity index (χ1n) is 4.56. The van der Waals surface area contributed by atoms with Crippen LogP contribution in [-0.2, 0) is 0 Å². The summed E-state index contributed by atoms with van der Waals surface area (Å²) in [6.07, 6.45) is 0. The Morgan fingerprint density at radius 3 is 2.38 bits per heavy atom. The summed E-state index contributed by atoms with van der Waals surface area (Å²) < 4.78 is 0. The molecule has 0 heterocycles. The third-order valence-corrected chi connectivity index (χ3v) is 2.70. The minimum absolute atomic E-state index is 0.277. The number of hydrogen-bond donors (Lipinski definition) is 3. The van der Waals surface area contributed by atoms with Crippen LogP contribution in [-0.4, -0.2) is 35.4 Å². The largest absolute Gasteiger partial charge is 0.394 e. The van der Waals surface area contributed by atoms with E-state index < -0.39 is 11.9 Å². The van der Waals surface area contributed by atoms with Gasteiger partial charge in [0, 0.05) is 5.56 Å². The second kappa shape index (κ2) is 6.06. The van der Waals surface area contributed by atoms with Gasteiger partial charge in [0.2, 0.25) is 0 Å². The molecule has 1 aromatic rings. The SMILES string of the molecule is O=C(NC(CO)CO)c1ccc(Cl)c(Cl)c1. The predicted molar refractivity (Wildman–Crippen MR) is 61.9 cm³/mol. The van der Waals surface area contributed by atoms with Gasteiger partial charge in [0.25, 0.3) is 5.91 Å². The molecule has 0 radical (unpaired) electrons. The van der Waals surface area contributed by atoms with Crippen LogP contribution in [0, 0.1) is 0 Å². The average Bonchev–Trinajstić information content (AvgIpc) is 2.29. The van der Waals surface area contributed by atoms with Crippen LogP contribution >= 0.6 is 23.2 Å². The van der Waals surface area contributed by atoms with Crippen molar-refractivity contribution in [1.82, 2.24) is 5.32 Å². The summed E-state index contributed by atoms with van der Waals surface area (Å²) in [6.45, 7) is -0.660. The van der Waals surface area contributed by atoms with Crippen molar-refractivity contribution in [3.63, 3.8) is 0 Å². The highest BCUT2D eigenvalue weighted by atomic mass is 35.5. The van der Waals surface area contributed by atoms with Gasteiger partial charge < -0.3 is 15.5 Å². The fraction of sp³-hybridized carbons (Fsp3) is 0.300. The Bertz CT molecular complexity index is 380. The van der Waals surface area contributed by atoms with Crippen molar-refractivity contribution in [1.29, 1.82) is 0 Å². The van der Waals surface area contributed by atoms with Gasteiger partial charge in [0.15, 0.2) is 0 Å². The predicted octanol–water partition coefficient (Wildman–Crippen LogP) is 1.08. The van der Waals surface area contributed by atoms with Crippen molar-refractivity contribution in [2.45, 2.75) is 6.04 Å². The van der Waals surface area contributed by atoms with E-state index in [1.54, 1.807) is 0 Å². The molecule has 0 fully saturated rings. The molecule has 0 spiro atoms. The Labute approximate surface area is 103 Å². The number of hydrogen-bond acceptors (Lipinski definition) is 3. The van der Waals surface area contributed by atoms with E-state index in [1.807, 2.05) is 0 Å². The number of aliphatic hydroxyl groups is 2. The molecule has 0 saturated heterocycles. The lowest BCUT2D eigenvalue weighted by Crippen LogP contribution is -2.40. The molecule has 0 aliphatic rings. The monoisotopic (exact) mass is 263 g/mol. The molecule has 0 aromatic heterocycles. The summed E-state index contributed by atoms with van der Waals surface area (Å²) in [4.78, 5) is 11.6. The topological polar surface area (TPSA) is 69.6 Å². The van der Waals surface area contributed by atoms with E-state index in [-0.39, 0.29) is 18.2 Å². The quantitative estimate of drug-likeness (QED) is 0.762. The van der Waals surface area contributed by atoms with Gasteiger partial charge in [0.05, 0.1) is 29.3 Å². The second-order valence-corrected chi connectivity index (χ2v) is 3.98. The maximum atomic E-state index is 11.6. The molecule has 16 heavy (non-hydrogen) atoms. The minimum atomic E-state index is -0.679. The summed E-state index contributed by atoms with van der Waals surface area (Å²) in [5, 5.41) is 20.7. The van der Waals surface area contributed by atoms with Crippen molar-refractivity contribution in [2.24, 2.45) is 0 Å². The van der Waals surface area contributed by atoms with Crippen LogP contribution in [0.2, 0.25) is 10.0 Å². The van der Waals surface area contributed by atoms with E-state index in [4.69, 9.17) is 33.4 Å². The highest BCUT2D eigenvalue weighted by Crippen LogP contribution is 2.22. The molecule has 1 rings (SSSR count). The average molecular weight is 264 g/mol. The normalized spacial score (nSPS) is 10.6. The summed E-state index contributed by atoms with van der Waals surface area (Å²) >= 11 is 11.5.